The van der Waals surface area contributed by atoms with Crippen LogP contribution in [0.3, 0.4) is 0 Å². The quantitative estimate of drug-likeness (QED) is 0.515. The van der Waals surface area contributed by atoms with Crippen molar-refractivity contribution in [2.75, 3.05) is 23.7 Å². The molecule has 1 rings (SSSR count). The number of aliphatic hydroxyl groups excluding tert-OH is 1. The van der Waals surface area contributed by atoms with E-state index in [2.05, 4.69) is 15.6 Å². The molecule has 7 nitrogen and oxygen atoms in total. The summed E-state index contributed by atoms with van der Waals surface area (Å²) in [6, 6.07) is 2.34. The van der Waals surface area contributed by atoms with E-state index in [-0.39, 0.29) is 17.3 Å². The number of nitrogens with one attached hydrogen (secondary N) is 2. The van der Waals surface area contributed by atoms with E-state index < -0.39 is 24.0 Å². The first-order valence-corrected chi connectivity index (χ1v) is 5.54. The van der Waals surface area contributed by atoms with E-state index in [1.54, 1.807) is 6.92 Å². The third-order valence-corrected chi connectivity index (χ3v) is 2.16. The van der Waals surface area contributed by atoms with Gasteiger partial charge in [0.2, 0.25) is 0 Å². The molecule has 0 saturated carbocycles. The van der Waals surface area contributed by atoms with E-state index in [1.165, 1.54) is 6.07 Å². The van der Waals surface area contributed by atoms with Crippen molar-refractivity contribution in [3.8, 4) is 0 Å². The van der Waals surface area contributed by atoms with Gasteiger partial charge in [0.25, 0.3) is 12.1 Å². The highest BCUT2D eigenvalue weighted by atomic mass is 19.3. The number of alkyl halides is 2. The molecule has 0 saturated heterocycles. The first-order valence-electron chi connectivity index (χ1n) is 5.54. The summed E-state index contributed by atoms with van der Waals surface area (Å²) in [6.07, 6.45) is -4.75. The number of aromatic nitrogens is 1. The van der Waals surface area contributed by atoms with Crippen LogP contribution in [0.15, 0.2) is 12.1 Å². The topological polar surface area (TPSA) is 100 Å². The summed E-state index contributed by atoms with van der Waals surface area (Å²) >= 11 is 0. The molecule has 19 heavy (non-hydrogen) atoms. The standard InChI is InChI=1S/C10H14F2N4O3/c1-2-13-8-3-6(16(18)19)4-9(15-8)14-5-7(17)10(11)12/h3-4,7,10,17H,2,5H2,1H3,(H2,13,14,15). The fraction of sp³-hybridized carbons (Fsp3) is 0.500. The third-order valence-electron chi connectivity index (χ3n) is 2.16. The van der Waals surface area contributed by atoms with E-state index >= 15 is 0 Å². The summed E-state index contributed by atoms with van der Waals surface area (Å²) in [6.45, 7) is 1.85. The Hall–Kier alpha value is -2.03. The molecule has 1 unspecified atom stereocenters. The van der Waals surface area contributed by atoms with Crippen LogP contribution >= 0.6 is 0 Å². The highest BCUT2D eigenvalue weighted by Gasteiger charge is 2.17. The van der Waals surface area contributed by atoms with Crippen molar-refractivity contribution in [2.24, 2.45) is 0 Å². The van der Waals surface area contributed by atoms with Crippen molar-refractivity contribution in [1.29, 1.82) is 0 Å². The molecule has 0 aromatic carbocycles. The van der Waals surface area contributed by atoms with Crippen LogP contribution in [0.25, 0.3) is 0 Å². The first-order chi connectivity index (χ1) is 8.93. The van der Waals surface area contributed by atoms with E-state index in [0.717, 1.165) is 6.07 Å². The molecule has 0 aliphatic carbocycles. The average molecular weight is 276 g/mol. The number of halogens is 2. The monoisotopic (exact) mass is 276 g/mol. The smallest absolute Gasteiger partial charge is 0.276 e. The van der Waals surface area contributed by atoms with Gasteiger partial charge in [-0.05, 0) is 6.92 Å². The van der Waals surface area contributed by atoms with Crippen LogP contribution in [0.5, 0.6) is 0 Å². The minimum atomic E-state index is -2.89. The molecule has 0 fully saturated rings. The largest absolute Gasteiger partial charge is 0.385 e. The molecule has 1 atom stereocenters. The number of hydrogen-bond acceptors (Lipinski definition) is 6. The Kier molecular flexibility index (Phi) is 5.37. The van der Waals surface area contributed by atoms with Crippen molar-refractivity contribution in [1.82, 2.24) is 4.98 Å². The highest BCUT2D eigenvalue weighted by Crippen LogP contribution is 2.20. The zero-order valence-electron chi connectivity index (χ0n) is 10.1. The Morgan fingerprint density at radius 1 is 1.42 bits per heavy atom. The lowest BCUT2D eigenvalue weighted by molar-refractivity contribution is -0.384. The molecule has 0 radical (unpaired) electrons. The van der Waals surface area contributed by atoms with Crippen LogP contribution in [0.1, 0.15) is 6.92 Å². The van der Waals surface area contributed by atoms with Gasteiger partial charge >= 0.3 is 0 Å². The zero-order valence-corrected chi connectivity index (χ0v) is 10.1. The third kappa shape index (κ3) is 4.62. The summed E-state index contributed by atoms with van der Waals surface area (Å²) in [4.78, 5) is 14.0. The van der Waals surface area contributed by atoms with E-state index in [9.17, 15) is 18.9 Å². The Morgan fingerprint density at radius 3 is 2.47 bits per heavy atom. The normalized spacial score (nSPS) is 12.3. The first kappa shape index (κ1) is 15.0. The van der Waals surface area contributed by atoms with Gasteiger partial charge in [0, 0.05) is 13.1 Å². The lowest BCUT2D eigenvalue weighted by atomic mass is 10.3. The van der Waals surface area contributed by atoms with E-state index in [4.69, 9.17) is 5.11 Å². The average Bonchev–Trinajstić information content (AvgIpc) is 2.35. The molecule has 1 heterocycles. The molecule has 0 spiro atoms. The predicted octanol–water partition coefficient (Wildman–Crippen LogP) is 1.46. The van der Waals surface area contributed by atoms with Gasteiger partial charge in [0.1, 0.15) is 17.7 Å². The summed E-state index contributed by atoms with van der Waals surface area (Å²) in [7, 11) is 0. The Morgan fingerprint density at radius 2 is 2.00 bits per heavy atom. The summed E-state index contributed by atoms with van der Waals surface area (Å²) < 4.78 is 24.2. The minimum Gasteiger partial charge on any atom is -0.385 e. The van der Waals surface area contributed by atoms with Crippen molar-refractivity contribution < 1.29 is 18.8 Å². The molecule has 0 aliphatic heterocycles. The van der Waals surface area contributed by atoms with Gasteiger partial charge in [0.15, 0.2) is 0 Å². The van der Waals surface area contributed by atoms with Gasteiger partial charge in [-0.3, -0.25) is 10.1 Å². The number of nitro groups is 1. The molecule has 0 bridgehead atoms. The number of rotatable bonds is 7. The summed E-state index contributed by atoms with van der Waals surface area (Å²) in [5.74, 6) is 0.301. The maximum Gasteiger partial charge on any atom is 0.276 e. The number of anilines is 2. The molecular formula is C10H14F2N4O3. The molecule has 0 aliphatic rings. The van der Waals surface area contributed by atoms with Gasteiger partial charge in [-0.25, -0.2) is 13.8 Å². The number of pyridine rings is 1. The van der Waals surface area contributed by atoms with Gasteiger partial charge in [-0.15, -0.1) is 0 Å². The molecule has 0 amide bonds. The molecule has 1 aromatic heterocycles. The molecule has 3 N–H and O–H groups in total. The maximum absolute atomic E-state index is 12.1. The number of aliphatic hydroxyl groups is 1. The van der Waals surface area contributed by atoms with Crippen molar-refractivity contribution >= 4 is 17.3 Å². The molecule has 106 valence electrons. The summed E-state index contributed by atoms with van der Waals surface area (Å²) in [5.41, 5.74) is -0.222. The molecular weight excluding hydrogens is 262 g/mol. The fourth-order valence-corrected chi connectivity index (χ4v) is 1.28. The van der Waals surface area contributed by atoms with Crippen molar-refractivity contribution in [3.05, 3.63) is 22.2 Å². The van der Waals surface area contributed by atoms with Gasteiger partial charge in [-0.2, -0.15) is 0 Å². The van der Waals surface area contributed by atoms with Crippen molar-refractivity contribution in [2.45, 2.75) is 19.5 Å². The van der Waals surface area contributed by atoms with Crippen LogP contribution in [-0.2, 0) is 0 Å². The van der Waals surface area contributed by atoms with Gasteiger partial charge < -0.3 is 15.7 Å². The molecule has 9 heteroatoms. The Balaban J connectivity index is 2.84. The highest BCUT2D eigenvalue weighted by molar-refractivity contribution is 5.54. The van der Waals surface area contributed by atoms with Gasteiger partial charge in [-0.1, -0.05) is 0 Å². The number of hydrogen-bond donors (Lipinski definition) is 3. The molecule has 1 aromatic rings. The summed E-state index contributed by atoms with van der Waals surface area (Å²) in [5, 5.41) is 24.9. The van der Waals surface area contributed by atoms with Crippen LogP contribution in [0.2, 0.25) is 0 Å². The van der Waals surface area contributed by atoms with Crippen LogP contribution < -0.4 is 10.6 Å². The second kappa shape index (κ2) is 6.78. The van der Waals surface area contributed by atoms with E-state index in [1.807, 2.05) is 0 Å². The van der Waals surface area contributed by atoms with E-state index in [0.29, 0.717) is 6.54 Å². The number of nitrogens with zero attached hydrogens (tertiary/aromatic N) is 2. The zero-order chi connectivity index (χ0) is 14.4. The predicted molar refractivity (Wildman–Crippen MR) is 65.6 cm³/mol. The van der Waals surface area contributed by atoms with Crippen LogP contribution in [-0.4, -0.2) is 40.6 Å². The second-order valence-corrected chi connectivity index (χ2v) is 3.67. The Labute approximate surface area is 107 Å². The van der Waals surface area contributed by atoms with Gasteiger partial charge in [0.05, 0.1) is 17.1 Å². The van der Waals surface area contributed by atoms with Crippen LogP contribution in [0.4, 0.5) is 26.1 Å². The lowest BCUT2D eigenvalue weighted by Gasteiger charge is -2.12. The maximum atomic E-state index is 12.1. The van der Waals surface area contributed by atoms with Crippen LogP contribution in [0, 0.1) is 10.1 Å². The lowest BCUT2D eigenvalue weighted by Crippen LogP contribution is -2.27. The fourth-order valence-electron chi connectivity index (χ4n) is 1.28. The van der Waals surface area contributed by atoms with Crippen molar-refractivity contribution in [3.63, 3.8) is 0 Å². The SMILES string of the molecule is CCNc1cc([N+](=O)[O-])cc(NCC(O)C(F)F)n1. The Bertz CT molecular complexity index is 445. The second-order valence-electron chi connectivity index (χ2n) is 3.67. The minimum absolute atomic E-state index is 0.0462.